The second kappa shape index (κ2) is 44.4. The first-order valence-electron chi connectivity index (χ1n) is 46.0. The quantitative estimate of drug-likeness (QED) is 0.0745. The van der Waals surface area contributed by atoms with Crippen LogP contribution in [-0.4, -0.2) is 86.3 Å². The minimum absolute atomic E-state index is 0. The number of pyridine rings is 8. The number of hydrogen-bond acceptors (Lipinski definition) is 14. The fraction of sp³-hybridized carbons (Fsp3) is 0.0820. The monoisotopic (exact) mass is 2590 g/mol. The molecule has 712 valence electrons. The predicted molar refractivity (Wildman–Crippen MR) is 561 cm³/mol. The van der Waals surface area contributed by atoms with E-state index in [4.69, 9.17) is 33.9 Å². The van der Waals surface area contributed by atoms with Gasteiger partial charge in [0.15, 0.2) is 0 Å². The van der Waals surface area contributed by atoms with Gasteiger partial charge in [0, 0.05) is 146 Å². The number of para-hydroxylation sites is 4. The van der Waals surface area contributed by atoms with Gasteiger partial charge in [-0.15, -0.1) is 72.8 Å². The molecule has 12 heterocycles. The standard InChI is InChI=1S/2C31H24N4O.2C30H21N3O.4Pt/c1-21-9-7-17-32-30(21)35-27-13-5-4-12-25(27)26-16-15-23(20-29(26)35)22-10-6-11-24(19-22)36-31-28(34(2)3)14-8-18-33-31;1-21-8-7-16-33-31(21)35-28-12-5-4-11-26(28)27-14-13-23(19-29(27)35)22-9-6-10-25(18-22)36-30-20-24(34(2)3)15-17-32-30;1-20-12-15-29(32-19-20)34-24-9-5-8-22(17-24)23-13-14-26-25-10-3-4-11-27(25)33(28(26)18-23)30-21(2)7-6-16-31-30;1-20-15-16-31-29(17-20)33-27-11-4-3-10-25(27)26-14-13-23(19-28(26)33)22-8-6-9-24(18-22)34-30-12-5-7-21(2)32-30;;;;/h4-18H,1-3H3;4-17,20H,1-3H3;3-16,19H,1-2H3;3-17H,1-2H3;;;;/q4*-2;4*+2. The van der Waals surface area contributed by atoms with Crippen LogP contribution in [0.3, 0.4) is 0 Å². The number of nitrogens with zero attached hydrogens (tertiary/aromatic N) is 14. The Morgan fingerprint density at radius 1 is 0.250 bits per heavy atom. The topological polar surface area (TPSA) is 166 Å². The summed E-state index contributed by atoms with van der Waals surface area (Å²) in [7, 11) is 7.92. The first-order valence-corrected chi connectivity index (χ1v) is 46.0. The van der Waals surface area contributed by atoms with E-state index in [1.807, 2.05) is 228 Å². The average molecular weight is 2600 g/mol. The van der Waals surface area contributed by atoms with Gasteiger partial charge in [-0.3, -0.25) is 0 Å². The number of ether oxygens (including phenoxy) is 4. The van der Waals surface area contributed by atoms with Crippen molar-refractivity contribution in [1.29, 1.82) is 0 Å². The SMILES string of the molecule is Cc1ccc(Oc2[c-]c(-c3[c-]c4c(cc3)c3ccccc3n4-c3ncccc3C)ccc2)nc1.Cc1cccnc1-n1c2[c-]c(-c3[c-]c(Oc4cc(N(C)C)ccn4)ccc3)ccc2c2ccccc21.Cc1cccnc1-n1c2[c-]c(-c3[c-]c(Oc4ncccc4N(C)C)ccc3)ccc2c2ccccc21.Cc1ccnc(-n2c3[c-]c(-c4[c-]c(Oc5cccc(C)n5)ccc4)ccc3c3ccccc32)c1.[Pt+2].[Pt+2].[Pt+2].[Pt+2]. The molecule has 22 heteroatoms. The summed E-state index contributed by atoms with van der Waals surface area (Å²) in [6.45, 7) is 12.3. The van der Waals surface area contributed by atoms with Crippen LogP contribution in [0.2, 0.25) is 0 Å². The molecule has 0 radical (unpaired) electrons. The van der Waals surface area contributed by atoms with Crippen LogP contribution in [0.4, 0.5) is 11.4 Å². The summed E-state index contributed by atoms with van der Waals surface area (Å²) in [6, 6.07) is 136. The molecule has 0 aliphatic heterocycles. The minimum atomic E-state index is 0. The summed E-state index contributed by atoms with van der Waals surface area (Å²) in [4.78, 5) is 40.3. The van der Waals surface area contributed by atoms with E-state index in [2.05, 4.69) is 289 Å². The zero-order valence-electron chi connectivity index (χ0n) is 79.8. The summed E-state index contributed by atoms with van der Waals surface area (Å²) in [5.74, 6) is 8.21. The molecule has 0 saturated heterocycles. The van der Waals surface area contributed by atoms with E-state index < -0.39 is 0 Å². The van der Waals surface area contributed by atoms with Gasteiger partial charge in [-0.25, -0.2) is 84.4 Å². The second-order valence-electron chi connectivity index (χ2n) is 34.5. The van der Waals surface area contributed by atoms with E-state index in [1.165, 1.54) is 21.5 Å². The summed E-state index contributed by atoms with van der Waals surface area (Å²) < 4.78 is 32.9. The van der Waals surface area contributed by atoms with Crippen molar-refractivity contribution >= 4 is 98.6 Å². The Kier molecular flexibility index (Phi) is 30.9. The van der Waals surface area contributed by atoms with Crippen LogP contribution >= 0.6 is 0 Å². The minimum Gasteiger partial charge on any atom is -0.460 e. The van der Waals surface area contributed by atoms with Crippen LogP contribution in [0.15, 0.2) is 365 Å². The van der Waals surface area contributed by atoms with Crippen molar-refractivity contribution in [3.05, 3.63) is 447 Å². The normalized spacial score (nSPS) is 10.9. The van der Waals surface area contributed by atoms with Gasteiger partial charge >= 0.3 is 84.3 Å². The van der Waals surface area contributed by atoms with Gasteiger partial charge < -0.3 is 47.0 Å². The van der Waals surface area contributed by atoms with Gasteiger partial charge in [0.1, 0.15) is 23.3 Å². The van der Waals surface area contributed by atoms with Crippen LogP contribution in [0.1, 0.15) is 33.5 Å². The van der Waals surface area contributed by atoms with E-state index in [9.17, 15) is 0 Å². The predicted octanol–water partition coefficient (Wildman–Crippen LogP) is 28.5. The average Bonchev–Trinajstić information content (AvgIpc) is 1.59. The number of fused-ring (bicyclic) bond motifs is 12. The molecule has 24 rings (SSSR count). The summed E-state index contributed by atoms with van der Waals surface area (Å²) >= 11 is 0. The molecular formula is C122H90N14O4Pt4. The van der Waals surface area contributed by atoms with Crippen molar-refractivity contribution in [2.45, 2.75) is 41.5 Å². The summed E-state index contributed by atoms with van der Waals surface area (Å²) in [6.07, 6.45) is 12.6. The third kappa shape index (κ3) is 21.0. The van der Waals surface area contributed by atoms with Gasteiger partial charge in [-0.2, -0.15) is 97.1 Å². The number of aryl methyl sites for hydroxylation is 6. The van der Waals surface area contributed by atoms with E-state index in [0.717, 1.165) is 178 Å². The van der Waals surface area contributed by atoms with Gasteiger partial charge in [-0.1, -0.05) is 125 Å². The van der Waals surface area contributed by atoms with Crippen LogP contribution < -0.4 is 28.7 Å². The molecule has 24 aromatic rings. The Hall–Kier alpha value is -15.4. The molecule has 144 heavy (non-hydrogen) atoms. The van der Waals surface area contributed by atoms with Crippen molar-refractivity contribution in [3.63, 3.8) is 0 Å². The maximum absolute atomic E-state index is 6.14. The fourth-order valence-corrected chi connectivity index (χ4v) is 17.6. The molecular weight excluding hydrogens is 2510 g/mol. The molecule has 0 bridgehead atoms. The van der Waals surface area contributed by atoms with E-state index in [0.29, 0.717) is 46.5 Å². The zero-order valence-corrected chi connectivity index (χ0v) is 88.9. The molecule has 0 N–H and O–H groups in total. The Balaban J connectivity index is 0.000000131. The van der Waals surface area contributed by atoms with Crippen molar-refractivity contribution in [1.82, 2.24) is 58.1 Å². The van der Waals surface area contributed by atoms with Crippen LogP contribution in [0.25, 0.3) is 155 Å². The molecule has 0 aliphatic carbocycles. The Labute approximate surface area is 892 Å². The number of rotatable bonds is 18. The number of anilines is 2. The second-order valence-corrected chi connectivity index (χ2v) is 34.5. The summed E-state index contributed by atoms with van der Waals surface area (Å²) in [5, 5.41) is 9.25. The van der Waals surface area contributed by atoms with Gasteiger partial charge in [0.2, 0.25) is 23.5 Å². The van der Waals surface area contributed by atoms with Crippen LogP contribution in [0.5, 0.6) is 46.5 Å². The van der Waals surface area contributed by atoms with Crippen molar-refractivity contribution in [2.75, 3.05) is 38.0 Å². The van der Waals surface area contributed by atoms with Crippen molar-refractivity contribution in [2.24, 2.45) is 0 Å². The molecule has 12 aromatic heterocycles. The third-order valence-corrected chi connectivity index (χ3v) is 24.3. The molecule has 12 aromatic carbocycles. The molecule has 0 saturated carbocycles. The Bertz CT molecular complexity index is 8800. The van der Waals surface area contributed by atoms with Gasteiger partial charge in [0.25, 0.3) is 0 Å². The molecule has 0 fully saturated rings. The number of benzene rings is 12. The molecule has 0 amide bonds. The third-order valence-electron chi connectivity index (χ3n) is 24.3. The van der Waals surface area contributed by atoms with E-state index in [-0.39, 0.29) is 84.3 Å². The molecule has 0 aliphatic rings. The maximum atomic E-state index is 6.14. The molecule has 0 spiro atoms. The van der Waals surface area contributed by atoms with Crippen molar-refractivity contribution < 1.29 is 103 Å². The Morgan fingerprint density at radius 3 is 1.03 bits per heavy atom. The van der Waals surface area contributed by atoms with Crippen LogP contribution in [0, 0.1) is 90.1 Å². The number of aromatic nitrogens is 12. The first kappa shape index (κ1) is 100. The Morgan fingerprint density at radius 2 is 0.625 bits per heavy atom. The summed E-state index contributed by atoms with van der Waals surface area (Å²) in [5.41, 5.74) is 24.1. The van der Waals surface area contributed by atoms with Gasteiger partial charge in [0.05, 0.1) is 5.69 Å². The largest absolute Gasteiger partial charge is 2.00 e. The fourth-order valence-electron chi connectivity index (χ4n) is 17.6. The first-order chi connectivity index (χ1) is 68.5. The molecule has 0 unspecified atom stereocenters. The van der Waals surface area contributed by atoms with Crippen LogP contribution in [-0.2, 0) is 84.3 Å². The maximum Gasteiger partial charge on any atom is 2.00 e. The molecule has 18 nitrogen and oxygen atoms in total. The zero-order chi connectivity index (χ0) is 95.4. The van der Waals surface area contributed by atoms with Gasteiger partial charge in [-0.05, 0) is 192 Å². The smallest absolute Gasteiger partial charge is 0.460 e. The van der Waals surface area contributed by atoms with Crippen molar-refractivity contribution in [3.8, 4) is 114 Å². The molecule has 0 atom stereocenters. The number of hydrogen-bond donors (Lipinski definition) is 0. The van der Waals surface area contributed by atoms with E-state index >= 15 is 0 Å². The van der Waals surface area contributed by atoms with E-state index in [1.54, 1.807) is 18.6 Å².